The van der Waals surface area contributed by atoms with Gasteiger partial charge in [-0.1, -0.05) is 12.1 Å². The number of nitrogens with zero attached hydrogens (tertiary/aromatic N) is 1. The molecule has 5 nitrogen and oxygen atoms in total. The fourth-order valence-electron chi connectivity index (χ4n) is 3.36. The number of ether oxygens (including phenoxy) is 2. The molecule has 1 N–H and O–H groups in total. The van der Waals surface area contributed by atoms with Crippen molar-refractivity contribution in [2.45, 2.75) is 32.6 Å². The quantitative estimate of drug-likeness (QED) is 0.892. The topological polar surface area (TPSA) is 50.8 Å². The van der Waals surface area contributed by atoms with E-state index in [1.807, 2.05) is 42.5 Å². The van der Waals surface area contributed by atoms with Gasteiger partial charge in [-0.15, -0.1) is 0 Å². The van der Waals surface area contributed by atoms with Gasteiger partial charge < -0.3 is 14.8 Å². The molecule has 3 rings (SSSR count). The van der Waals surface area contributed by atoms with Gasteiger partial charge in [0.1, 0.15) is 5.75 Å². The Bertz CT molecular complexity index is 735. The zero-order valence-corrected chi connectivity index (χ0v) is 15.6. The predicted molar refractivity (Wildman–Crippen MR) is 103 cm³/mol. The number of morpholine rings is 1. The predicted octanol–water partition coefficient (Wildman–Crippen LogP) is 3.56. The molecule has 1 fully saturated rings. The summed E-state index contributed by atoms with van der Waals surface area (Å²) in [5.41, 5.74) is 2.54. The highest BCUT2D eigenvalue weighted by molar-refractivity contribution is 6.04. The van der Waals surface area contributed by atoms with Gasteiger partial charge in [0.15, 0.2) is 0 Å². The molecule has 0 bridgehead atoms. The first-order chi connectivity index (χ1) is 12.5. The summed E-state index contributed by atoms with van der Waals surface area (Å²) >= 11 is 0. The number of hydrogen-bond donors (Lipinski definition) is 1. The summed E-state index contributed by atoms with van der Waals surface area (Å²) in [5.74, 6) is 0.652. The van der Waals surface area contributed by atoms with Crippen molar-refractivity contribution in [2.75, 3.05) is 25.5 Å². The fourth-order valence-corrected chi connectivity index (χ4v) is 3.36. The SMILES string of the molecule is COc1ccc(NC(=O)c2cccc(CN3C[C@@H](C)O[C@@H](C)C3)c2)cc1. The molecule has 1 amide bonds. The van der Waals surface area contributed by atoms with Gasteiger partial charge in [-0.3, -0.25) is 9.69 Å². The molecular formula is C21H26N2O3. The molecule has 0 unspecified atom stereocenters. The Kier molecular flexibility index (Phi) is 5.91. The van der Waals surface area contributed by atoms with Crippen LogP contribution in [0, 0.1) is 0 Å². The van der Waals surface area contributed by atoms with Crippen LogP contribution in [0.1, 0.15) is 29.8 Å². The number of rotatable bonds is 5. The molecule has 26 heavy (non-hydrogen) atoms. The number of carbonyl (C=O) groups excluding carboxylic acids is 1. The van der Waals surface area contributed by atoms with Gasteiger partial charge in [-0.05, 0) is 55.8 Å². The van der Waals surface area contributed by atoms with Gasteiger partial charge in [0.05, 0.1) is 19.3 Å². The van der Waals surface area contributed by atoms with Crippen molar-refractivity contribution < 1.29 is 14.3 Å². The highest BCUT2D eigenvalue weighted by atomic mass is 16.5. The average Bonchev–Trinajstić information content (AvgIpc) is 2.61. The summed E-state index contributed by atoms with van der Waals surface area (Å²) in [5, 5.41) is 2.93. The number of nitrogens with one attached hydrogen (secondary N) is 1. The summed E-state index contributed by atoms with van der Waals surface area (Å²) in [4.78, 5) is 14.9. The van der Waals surface area contributed by atoms with Crippen LogP contribution < -0.4 is 10.1 Å². The molecule has 0 aromatic heterocycles. The minimum atomic E-state index is -0.110. The van der Waals surface area contributed by atoms with E-state index in [-0.39, 0.29) is 18.1 Å². The first kappa shape index (κ1) is 18.4. The highest BCUT2D eigenvalue weighted by Gasteiger charge is 2.22. The Morgan fingerprint density at radius 2 is 1.85 bits per heavy atom. The van der Waals surface area contributed by atoms with Crippen molar-refractivity contribution in [2.24, 2.45) is 0 Å². The first-order valence-electron chi connectivity index (χ1n) is 8.95. The van der Waals surface area contributed by atoms with Crippen LogP contribution in [0.3, 0.4) is 0 Å². The van der Waals surface area contributed by atoms with Crippen LogP contribution in [-0.4, -0.2) is 43.2 Å². The fraction of sp³-hybridized carbons (Fsp3) is 0.381. The lowest BCUT2D eigenvalue weighted by Gasteiger charge is -2.35. The zero-order valence-electron chi connectivity index (χ0n) is 15.6. The van der Waals surface area contributed by atoms with E-state index in [0.29, 0.717) is 5.56 Å². The Balaban J connectivity index is 1.65. The van der Waals surface area contributed by atoms with Gasteiger partial charge in [0.2, 0.25) is 0 Å². The van der Waals surface area contributed by atoms with Crippen LogP contribution in [0.25, 0.3) is 0 Å². The molecule has 0 saturated carbocycles. The maximum absolute atomic E-state index is 12.5. The second-order valence-corrected chi connectivity index (χ2v) is 6.83. The number of anilines is 1. The van der Waals surface area contributed by atoms with E-state index in [9.17, 15) is 4.79 Å². The first-order valence-corrected chi connectivity index (χ1v) is 8.95. The van der Waals surface area contributed by atoms with Crippen molar-refractivity contribution in [1.82, 2.24) is 4.90 Å². The molecule has 138 valence electrons. The van der Waals surface area contributed by atoms with E-state index in [4.69, 9.17) is 9.47 Å². The van der Waals surface area contributed by atoms with Crippen molar-refractivity contribution >= 4 is 11.6 Å². The van der Waals surface area contributed by atoms with Gasteiger partial charge in [-0.2, -0.15) is 0 Å². The van der Waals surface area contributed by atoms with E-state index in [2.05, 4.69) is 30.1 Å². The third kappa shape index (κ3) is 4.84. The lowest BCUT2D eigenvalue weighted by atomic mass is 10.1. The van der Waals surface area contributed by atoms with Crippen LogP contribution in [-0.2, 0) is 11.3 Å². The van der Waals surface area contributed by atoms with E-state index in [0.717, 1.165) is 36.6 Å². The Labute approximate surface area is 154 Å². The normalized spacial score (nSPS) is 20.6. The summed E-state index contributed by atoms with van der Waals surface area (Å²) in [6.45, 7) is 6.84. The number of amides is 1. The third-order valence-electron chi connectivity index (χ3n) is 4.44. The molecule has 1 heterocycles. The zero-order chi connectivity index (χ0) is 18.5. The van der Waals surface area contributed by atoms with Crippen molar-refractivity contribution in [3.05, 3.63) is 59.7 Å². The highest BCUT2D eigenvalue weighted by Crippen LogP contribution is 2.18. The number of carbonyl (C=O) groups is 1. The Morgan fingerprint density at radius 3 is 2.50 bits per heavy atom. The third-order valence-corrected chi connectivity index (χ3v) is 4.44. The maximum Gasteiger partial charge on any atom is 0.255 e. The Hall–Kier alpha value is -2.37. The molecule has 5 heteroatoms. The molecule has 1 aliphatic rings. The largest absolute Gasteiger partial charge is 0.497 e. The van der Waals surface area contributed by atoms with Gasteiger partial charge in [-0.25, -0.2) is 0 Å². The lowest BCUT2D eigenvalue weighted by Crippen LogP contribution is -2.44. The molecule has 1 aliphatic heterocycles. The molecule has 0 spiro atoms. The van der Waals surface area contributed by atoms with E-state index in [1.165, 1.54) is 0 Å². The standard InChI is InChI=1S/C21H26N2O3/c1-15-12-23(13-16(2)26-15)14-17-5-4-6-18(11-17)21(24)22-19-7-9-20(25-3)10-8-19/h4-11,15-16H,12-14H2,1-3H3,(H,22,24)/t15-,16+. The Morgan fingerprint density at radius 1 is 1.15 bits per heavy atom. The summed E-state index contributed by atoms with van der Waals surface area (Å²) < 4.78 is 10.9. The van der Waals surface area contributed by atoms with E-state index in [1.54, 1.807) is 7.11 Å². The van der Waals surface area contributed by atoms with Crippen LogP contribution in [0.4, 0.5) is 5.69 Å². The van der Waals surface area contributed by atoms with Crippen LogP contribution >= 0.6 is 0 Å². The van der Waals surface area contributed by atoms with Gasteiger partial charge >= 0.3 is 0 Å². The van der Waals surface area contributed by atoms with Crippen LogP contribution in [0.2, 0.25) is 0 Å². The molecule has 2 aromatic carbocycles. The average molecular weight is 354 g/mol. The van der Waals surface area contributed by atoms with Crippen molar-refractivity contribution in [1.29, 1.82) is 0 Å². The molecule has 0 radical (unpaired) electrons. The number of benzene rings is 2. The summed E-state index contributed by atoms with van der Waals surface area (Å²) in [6.07, 6.45) is 0.473. The molecule has 2 aromatic rings. The van der Waals surface area contributed by atoms with Crippen molar-refractivity contribution in [3.8, 4) is 5.75 Å². The second-order valence-electron chi connectivity index (χ2n) is 6.83. The summed E-state index contributed by atoms with van der Waals surface area (Å²) in [6, 6.07) is 15.1. The van der Waals surface area contributed by atoms with Crippen LogP contribution in [0.15, 0.2) is 48.5 Å². The van der Waals surface area contributed by atoms with E-state index >= 15 is 0 Å². The number of hydrogen-bond acceptors (Lipinski definition) is 4. The summed E-state index contributed by atoms with van der Waals surface area (Å²) in [7, 11) is 1.62. The van der Waals surface area contributed by atoms with Gasteiger partial charge in [0.25, 0.3) is 5.91 Å². The van der Waals surface area contributed by atoms with E-state index < -0.39 is 0 Å². The molecule has 2 atom stereocenters. The minimum Gasteiger partial charge on any atom is -0.497 e. The van der Waals surface area contributed by atoms with Crippen LogP contribution in [0.5, 0.6) is 5.75 Å². The maximum atomic E-state index is 12.5. The number of methoxy groups -OCH3 is 1. The molecular weight excluding hydrogens is 328 g/mol. The van der Waals surface area contributed by atoms with Crippen molar-refractivity contribution in [3.63, 3.8) is 0 Å². The van der Waals surface area contributed by atoms with Gasteiger partial charge in [0, 0.05) is 30.9 Å². The minimum absolute atomic E-state index is 0.110. The molecule has 0 aliphatic carbocycles. The second kappa shape index (κ2) is 8.34. The smallest absolute Gasteiger partial charge is 0.255 e. The molecule has 1 saturated heterocycles. The monoisotopic (exact) mass is 354 g/mol. The lowest BCUT2D eigenvalue weighted by molar-refractivity contribution is -0.0704.